The molecule has 0 unspecified atom stereocenters. The molecule has 0 saturated heterocycles. The van der Waals surface area contributed by atoms with E-state index in [-0.39, 0.29) is 0 Å². The molecule has 3 N–H and O–H groups in total. The number of rotatable bonds is 3. The topological polar surface area (TPSA) is 91.3 Å². The fraction of sp³-hybridized carbons (Fsp3) is 0.250. The summed E-state index contributed by atoms with van der Waals surface area (Å²) in [6.07, 6.45) is 0.952. The smallest absolute Gasteiger partial charge is 0.329 e. The first kappa shape index (κ1) is 11.9. The number of aliphatic carboxylic acids is 1. The molecule has 0 aliphatic heterocycles. The Morgan fingerprint density at radius 1 is 1.37 bits per heavy atom. The molecule has 1 fully saturated rings. The molecular weight excluding hydrogens is 266 g/mol. The van der Waals surface area contributed by atoms with Gasteiger partial charge in [0.05, 0.1) is 15.7 Å². The summed E-state index contributed by atoms with van der Waals surface area (Å²) < 4.78 is 0.970. The van der Waals surface area contributed by atoms with Crippen LogP contribution in [0.2, 0.25) is 0 Å². The normalized spacial score (nSPS) is 16.0. The van der Waals surface area contributed by atoms with Crippen LogP contribution in [0.1, 0.15) is 12.8 Å². The molecule has 3 rings (SSSR count). The highest BCUT2D eigenvalue weighted by Crippen LogP contribution is 2.35. The predicted molar refractivity (Wildman–Crippen MR) is 71.4 cm³/mol. The van der Waals surface area contributed by atoms with Crippen molar-refractivity contribution in [3.05, 3.63) is 23.7 Å². The molecule has 0 spiro atoms. The Bertz CT molecular complexity index is 663. The SMILES string of the molecule is O=C(Nc1ccc2ncsc2c1)NC1(C(=O)O)CC1. The minimum Gasteiger partial charge on any atom is -0.480 e. The molecule has 0 radical (unpaired) electrons. The molecule has 19 heavy (non-hydrogen) atoms. The number of thiazole rings is 1. The largest absolute Gasteiger partial charge is 0.480 e. The summed E-state index contributed by atoms with van der Waals surface area (Å²) in [7, 11) is 0. The van der Waals surface area contributed by atoms with E-state index in [0.717, 1.165) is 10.2 Å². The van der Waals surface area contributed by atoms with E-state index in [1.54, 1.807) is 11.6 Å². The van der Waals surface area contributed by atoms with Crippen LogP contribution >= 0.6 is 11.3 Å². The van der Waals surface area contributed by atoms with Crippen molar-refractivity contribution in [2.45, 2.75) is 18.4 Å². The molecule has 0 atom stereocenters. The number of hydrogen-bond acceptors (Lipinski definition) is 4. The first-order valence-corrected chi connectivity index (χ1v) is 6.63. The van der Waals surface area contributed by atoms with Crippen molar-refractivity contribution in [1.82, 2.24) is 10.3 Å². The van der Waals surface area contributed by atoms with Crippen LogP contribution in [0.5, 0.6) is 0 Å². The lowest BCUT2D eigenvalue weighted by Gasteiger charge is -2.13. The second-order valence-corrected chi connectivity index (χ2v) is 5.39. The molecule has 1 aromatic carbocycles. The van der Waals surface area contributed by atoms with Crippen molar-refractivity contribution in [2.24, 2.45) is 0 Å². The van der Waals surface area contributed by atoms with Gasteiger partial charge < -0.3 is 15.7 Å². The number of carboxylic acids is 1. The number of amides is 2. The van der Waals surface area contributed by atoms with E-state index in [9.17, 15) is 9.59 Å². The number of nitrogens with one attached hydrogen (secondary N) is 2. The van der Waals surface area contributed by atoms with Gasteiger partial charge in [-0.1, -0.05) is 0 Å². The Kier molecular flexibility index (Phi) is 2.63. The summed E-state index contributed by atoms with van der Waals surface area (Å²) in [6.45, 7) is 0. The Labute approximate surface area is 112 Å². The van der Waals surface area contributed by atoms with Crippen LogP contribution in [0.25, 0.3) is 10.2 Å². The van der Waals surface area contributed by atoms with Crippen molar-refractivity contribution in [1.29, 1.82) is 0 Å². The molecule has 2 amide bonds. The van der Waals surface area contributed by atoms with E-state index in [1.807, 2.05) is 12.1 Å². The highest BCUT2D eigenvalue weighted by molar-refractivity contribution is 7.16. The zero-order valence-electron chi connectivity index (χ0n) is 9.84. The molecule has 2 aromatic rings. The van der Waals surface area contributed by atoms with Gasteiger partial charge in [0.1, 0.15) is 5.54 Å². The number of fused-ring (bicyclic) bond motifs is 1. The van der Waals surface area contributed by atoms with Crippen LogP contribution < -0.4 is 10.6 Å². The molecule has 0 bridgehead atoms. The second-order valence-electron chi connectivity index (χ2n) is 4.50. The standard InChI is InChI=1S/C12H11N3O3S/c16-10(17)12(3-4-12)15-11(18)14-7-1-2-8-9(5-7)19-6-13-8/h1-2,5-6H,3-4H2,(H,16,17)(H2,14,15,18). The van der Waals surface area contributed by atoms with Crippen molar-refractivity contribution in [2.75, 3.05) is 5.32 Å². The number of hydrogen-bond donors (Lipinski definition) is 3. The van der Waals surface area contributed by atoms with Crippen molar-refractivity contribution < 1.29 is 14.7 Å². The maximum absolute atomic E-state index is 11.7. The van der Waals surface area contributed by atoms with Gasteiger partial charge in [0.25, 0.3) is 0 Å². The van der Waals surface area contributed by atoms with E-state index in [2.05, 4.69) is 15.6 Å². The van der Waals surface area contributed by atoms with Gasteiger partial charge in [-0.2, -0.15) is 0 Å². The monoisotopic (exact) mass is 277 g/mol. The molecule has 98 valence electrons. The lowest BCUT2D eigenvalue weighted by molar-refractivity contribution is -0.140. The van der Waals surface area contributed by atoms with Gasteiger partial charge >= 0.3 is 12.0 Å². The van der Waals surface area contributed by atoms with Gasteiger partial charge in [0.2, 0.25) is 0 Å². The van der Waals surface area contributed by atoms with Gasteiger partial charge in [0.15, 0.2) is 0 Å². The Morgan fingerprint density at radius 2 is 2.16 bits per heavy atom. The number of anilines is 1. The Morgan fingerprint density at radius 3 is 2.84 bits per heavy atom. The van der Waals surface area contributed by atoms with Crippen LogP contribution in [0, 0.1) is 0 Å². The van der Waals surface area contributed by atoms with E-state index < -0.39 is 17.5 Å². The van der Waals surface area contributed by atoms with Gasteiger partial charge in [-0.25, -0.2) is 14.6 Å². The summed E-state index contributed by atoms with van der Waals surface area (Å²) in [5, 5.41) is 14.1. The molecule has 1 aromatic heterocycles. The van der Waals surface area contributed by atoms with Crippen LogP contribution in [0.4, 0.5) is 10.5 Å². The van der Waals surface area contributed by atoms with Gasteiger partial charge in [-0.3, -0.25) is 0 Å². The van der Waals surface area contributed by atoms with Crippen LogP contribution in [0.15, 0.2) is 23.7 Å². The molecule has 6 nitrogen and oxygen atoms in total. The lowest BCUT2D eigenvalue weighted by atomic mass is 10.3. The predicted octanol–water partition coefficient (Wildman–Crippen LogP) is 2.03. The van der Waals surface area contributed by atoms with E-state index in [4.69, 9.17) is 5.11 Å². The van der Waals surface area contributed by atoms with Gasteiger partial charge in [-0.05, 0) is 31.0 Å². The number of urea groups is 1. The molecular formula is C12H11N3O3S. The molecule has 1 aliphatic carbocycles. The summed E-state index contributed by atoms with van der Waals surface area (Å²) in [6, 6.07) is 4.87. The van der Waals surface area contributed by atoms with E-state index in [0.29, 0.717) is 18.5 Å². The fourth-order valence-corrected chi connectivity index (χ4v) is 2.55. The van der Waals surface area contributed by atoms with Crippen LogP contribution in [-0.2, 0) is 4.79 Å². The summed E-state index contributed by atoms with van der Waals surface area (Å²) >= 11 is 1.48. The van der Waals surface area contributed by atoms with E-state index >= 15 is 0 Å². The number of carbonyl (C=O) groups excluding carboxylic acids is 1. The molecule has 1 heterocycles. The summed E-state index contributed by atoms with van der Waals surface area (Å²) in [5.74, 6) is -0.986. The number of carbonyl (C=O) groups is 2. The van der Waals surface area contributed by atoms with Crippen LogP contribution in [-0.4, -0.2) is 27.6 Å². The van der Waals surface area contributed by atoms with Gasteiger partial charge in [0, 0.05) is 5.69 Å². The minimum absolute atomic E-state index is 0.476. The average Bonchev–Trinajstić information content (AvgIpc) is 2.99. The second kappa shape index (κ2) is 4.20. The number of benzene rings is 1. The maximum atomic E-state index is 11.7. The minimum atomic E-state index is -1.07. The third-order valence-electron chi connectivity index (χ3n) is 3.10. The summed E-state index contributed by atoms with van der Waals surface area (Å²) in [4.78, 5) is 26.9. The first-order chi connectivity index (χ1) is 9.09. The van der Waals surface area contributed by atoms with Crippen molar-refractivity contribution in [3.8, 4) is 0 Å². The molecule has 1 saturated carbocycles. The number of carboxylic acid groups (broad SMARTS) is 1. The van der Waals surface area contributed by atoms with Crippen molar-refractivity contribution in [3.63, 3.8) is 0 Å². The lowest BCUT2D eigenvalue weighted by Crippen LogP contribution is -2.45. The third-order valence-corrected chi connectivity index (χ3v) is 3.89. The first-order valence-electron chi connectivity index (χ1n) is 5.75. The maximum Gasteiger partial charge on any atom is 0.329 e. The van der Waals surface area contributed by atoms with Crippen molar-refractivity contribution >= 4 is 39.2 Å². The zero-order chi connectivity index (χ0) is 13.5. The number of nitrogens with zero attached hydrogens (tertiary/aromatic N) is 1. The van der Waals surface area contributed by atoms with E-state index in [1.165, 1.54) is 11.3 Å². The molecule has 1 aliphatic rings. The average molecular weight is 277 g/mol. The third kappa shape index (κ3) is 2.24. The quantitative estimate of drug-likeness (QED) is 0.800. The van der Waals surface area contributed by atoms with Gasteiger partial charge in [-0.15, -0.1) is 11.3 Å². The van der Waals surface area contributed by atoms with Crippen LogP contribution in [0.3, 0.4) is 0 Å². The highest BCUT2D eigenvalue weighted by Gasteiger charge is 2.51. The number of aromatic nitrogens is 1. The Balaban J connectivity index is 1.70. The zero-order valence-corrected chi connectivity index (χ0v) is 10.7. The highest BCUT2D eigenvalue weighted by atomic mass is 32.1. The Hall–Kier alpha value is -2.15. The molecule has 7 heteroatoms. The fourth-order valence-electron chi connectivity index (χ4n) is 1.83. The summed E-state index contributed by atoms with van der Waals surface area (Å²) in [5.41, 5.74) is 2.16.